The van der Waals surface area contributed by atoms with E-state index in [0.29, 0.717) is 0 Å². The first-order valence-corrected chi connectivity index (χ1v) is 8.50. The monoisotopic (exact) mass is 288 g/mol. The number of hydrogen-bond acceptors (Lipinski definition) is 2. The summed E-state index contributed by atoms with van der Waals surface area (Å²) in [7, 11) is 2.24. The van der Waals surface area contributed by atoms with Crippen LogP contribution in [0.4, 0.5) is 5.69 Å². The van der Waals surface area contributed by atoms with Crippen molar-refractivity contribution in [3.05, 3.63) is 29.8 Å². The summed E-state index contributed by atoms with van der Waals surface area (Å²) in [6.45, 7) is 7.68. The summed E-state index contributed by atoms with van der Waals surface area (Å²) in [5.74, 6) is 1.66. The van der Waals surface area contributed by atoms with E-state index in [-0.39, 0.29) is 5.54 Å². The molecule has 2 atom stereocenters. The number of para-hydroxylation sites is 1. The molecule has 0 heterocycles. The van der Waals surface area contributed by atoms with Gasteiger partial charge >= 0.3 is 0 Å². The largest absolute Gasteiger partial charge is 0.367 e. The molecule has 21 heavy (non-hydrogen) atoms. The van der Waals surface area contributed by atoms with Gasteiger partial charge in [-0.25, -0.2) is 0 Å². The number of anilines is 1. The third-order valence-corrected chi connectivity index (χ3v) is 5.71. The molecule has 1 aromatic carbocycles. The molecule has 2 N–H and O–H groups in total. The first kappa shape index (κ1) is 16.4. The highest BCUT2D eigenvalue weighted by Gasteiger charge is 2.36. The SMILES string of the molecule is Cc1ccccc1N(C)C1(CN)CCCC(C(C)C)CC1. The minimum atomic E-state index is 0.135. The molecule has 2 heteroatoms. The Bertz CT molecular complexity index is 455. The highest BCUT2D eigenvalue weighted by Crippen LogP contribution is 2.39. The highest BCUT2D eigenvalue weighted by atomic mass is 15.2. The average molecular weight is 288 g/mol. The number of likely N-dealkylation sites (N-methyl/N-ethyl adjacent to an activating group) is 1. The standard InChI is InChI=1S/C19H32N2/c1-15(2)17-9-7-12-19(14-20,13-11-17)21(4)18-10-6-5-8-16(18)3/h5-6,8,10,15,17H,7,9,11-14,20H2,1-4H3. The van der Waals surface area contributed by atoms with E-state index >= 15 is 0 Å². The average Bonchev–Trinajstić information content (AvgIpc) is 2.70. The molecule has 1 fully saturated rings. The summed E-state index contributed by atoms with van der Waals surface area (Å²) in [4.78, 5) is 2.48. The van der Waals surface area contributed by atoms with Gasteiger partial charge in [0.2, 0.25) is 0 Å². The molecule has 0 spiro atoms. The Morgan fingerprint density at radius 1 is 1.24 bits per heavy atom. The van der Waals surface area contributed by atoms with Gasteiger partial charge in [0, 0.05) is 19.3 Å². The van der Waals surface area contributed by atoms with Crippen LogP contribution >= 0.6 is 0 Å². The predicted molar refractivity (Wildman–Crippen MR) is 92.8 cm³/mol. The number of rotatable bonds is 4. The van der Waals surface area contributed by atoms with Gasteiger partial charge in [0.1, 0.15) is 0 Å². The Morgan fingerprint density at radius 3 is 2.57 bits per heavy atom. The molecule has 1 aliphatic carbocycles. The quantitative estimate of drug-likeness (QED) is 0.834. The van der Waals surface area contributed by atoms with E-state index in [9.17, 15) is 0 Å². The third-order valence-electron chi connectivity index (χ3n) is 5.71. The minimum absolute atomic E-state index is 0.135. The lowest BCUT2D eigenvalue weighted by Crippen LogP contribution is -2.52. The van der Waals surface area contributed by atoms with E-state index < -0.39 is 0 Å². The Labute approximate surface area is 130 Å². The van der Waals surface area contributed by atoms with Crippen molar-refractivity contribution in [2.45, 2.75) is 58.4 Å². The summed E-state index contributed by atoms with van der Waals surface area (Å²) in [6.07, 6.45) is 6.41. The topological polar surface area (TPSA) is 29.3 Å². The summed E-state index contributed by atoms with van der Waals surface area (Å²) in [5.41, 5.74) is 9.09. The lowest BCUT2D eigenvalue weighted by Gasteiger charge is -2.43. The molecular formula is C19H32N2. The number of nitrogens with two attached hydrogens (primary N) is 1. The van der Waals surface area contributed by atoms with E-state index in [1.165, 1.54) is 43.4 Å². The number of benzene rings is 1. The van der Waals surface area contributed by atoms with Gasteiger partial charge in [0.25, 0.3) is 0 Å². The molecule has 0 radical (unpaired) electrons. The van der Waals surface area contributed by atoms with Crippen molar-refractivity contribution < 1.29 is 0 Å². The summed E-state index contributed by atoms with van der Waals surface area (Å²) in [5, 5.41) is 0. The van der Waals surface area contributed by atoms with E-state index in [1.807, 2.05) is 0 Å². The van der Waals surface area contributed by atoms with Gasteiger partial charge in [-0.2, -0.15) is 0 Å². The normalized spacial score (nSPS) is 26.7. The molecule has 2 nitrogen and oxygen atoms in total. The predicted octanol–water partition coefficient (Wildman–Crippen LogP) is 4.37. The lowest BCUT2D eigenvalue weighted by atomic mass is 9.85. The molecule has 118 valence electrons. The Morgan fingerprint density at radius 2 is 1.95 bits per heavy atom. The zero-order valence-corrected chi connectivity index (χ0v) is 14.2. The van der Waals surface area contributed by atoms with Crippen LogP contribution in [0, 0.1) is 18.8 Å². The van der Waals surface area contributed by atoms with Crippen molar-refractivity contribution >= 4 is 5.69 Å². The number of aryl methyl sites for hydroxylation is 1. The molecule has 0 bridgehead atoms. The van der Waals surface area contributed by atoms with Crippen LogP contribution < -0.4 is 10.6 Å². The van der Waals surface area contributed by atoms with Crippen LogP contribution in [0.2, 0.25) is 0 Å². The van der Waals surface area contributed by atoms with E-state index in [0.717, 1.165) is 18.4 Å². The molecule has 1 saturated carbocycles. The van der Waals surface area contributed by atoms with Gasteiger partial charge in [0.15, 0.2) is 0 Å². The van der Waals surface area contributed by atoms with Crippen LogP contribution in [0.3, 0.4) is 0 Å². The molecular weight excluding hydrogens is 256 g/mol. The van der Waals surface area contributed by atoms with Crippen molar-refractivity contribution in [3.63, 3.8) is 0 Å². The molecule has 2 rings (SSSR count). The van der Waals surface area contributed by atoms with Crippen molar-refractivity contribution in [2.75, 3.05) is 18.5 Å². The molecule has 0 amide bonds. The molecule has 0 aromatic heterocycles. The zero-order chi connectivity index (χ0) is 15.5. The van der Waals surface area contributed by atoms with E-state index in [1.54, 1.807) is 0 Å². The second-order valence-electron chi connectivity index (χ2n) is 7.21. The fraction of sp³-hybridized carbons (Fsp3) is 0.684. The maximum Gasteiger partial charge on any atom is 0.0521 e. The van der Waals surface area contributed by atoms with Crippen LogP contribution in [-0.4, -0.2) is 19.1 Å². The van der Waals surface area contributed by atoms with Crippen molar-refractivity contribution in [1.82, 2.24) is 0 Å². The van der Waals surface area contributed by atoms with Crippen LogP contribution in [0.5, 0.6) is 0 Å². The Balaban J connectivity index is 2.23. The second kappa shape index (κ2) is 6.83. The maximum atomic E-state index is 6.28. The minimum Gasteiger partial charge on any atom is -0.367 e. The van der Waals surface area contributed by atoms with Gasteiger partial charge in [-0.15, -0.1) is 0 Å². The lowest BCUT2D eigenvalue weighted by molar-refractivity contribution is 0.320. The van der Waals surface area contributed by atoms with Gasteiger partial charge in [-0.1, -0.05) is 44.9 Å². The van der Waals surface area contributed by atoms with Gasteiger partial charge < -0.3 is 10.6 Å². The van der Waals surface area contributed by atoms with Crippen LogP contribution in [-0.2, 0) is 0 Å². The highest BCUT2D eigenvalue weighted by molar-refractivity contribution is 5.54. The first-order valence-electron chi connectivity index (χ1n) is 8.50. The van der Waals surface area contributed by atoms with Crippen molar-refractivity contribution in [1.29, 1.82) is 0 Å². The summed E-state index contributed by atoms with van der Waals surface area (Å²) < 4.78 is 0. The summed E-state index contributed by atoms with van der Waals surface area (Å²) in [6, 6.07) is 8.68. The van der Waals surface area contributed by atoms with Crippen LogP contribution in [0.1, 0.15) is 51.5 Å². The maximum absolute atomic E-state index is 6.28. The van der Waals surface area contributed by atoms with Gasteiger partial charge in [0.05, 0.1) is 5.54 Å². The van der Waals surface area contributed by atoms with Gasteiger partial charge in [-0.3, -0.25) is 0 Å². The molecule has 2 unspecified atom stereocenters. The fourth-order valence-corrected chi connectivity index (χ4v) is 3.96. The molecule has 0 saturated heterocycles. The van der Waals surface area contributed by atoms with Crippen LogP contribution in [0.15, 0.2) is 24.3 Å². The van der Waals surface area contributed by atoms with Gasteiger partial charge in [-0.05, 0) is 49.7 Å². The van der Waals surface area contributed by atoms with Crippen molar-refractivity contribution in [2.24, 2.45) is 17.6 Å². The third kappa shape index (κ3) is 3.42. The second-order valence-corrected chi connectivity index (χ2v) is 7.21. The Kier molecular flexibility index (Phi) is 5.32. The summed E-state index contributed by atoms with van der Waals surface area (Å²) >= 11 is 0. The first-order chi connectivity index (χ1) is 10.00. The molecule has 0 aliphatic heterocycles. The smallest absolute Gasteiger partial charge is 0.0521 e. The van der Waals surface area contributed by atoms with E-state index in [2.05, 4.69) is 57.0 Å². The number of hydrogen-bond donors (Lipinski definition) is 1. The number of nitrogens with zero attached hydrogens (tertiary/aromatic N) is 1. The fourth-order valence-electron chi connectivity index (χ4n) is 3.96. The van der Waals surface area contributed by atoms with Crippen molar-refractivity contribution in [3.8, 4) is 0 Å². The molecule has 1 aromatic rings. The van der Waals surface area contributed by atoms with E-state index in [4.69, 9.17) is 5.73 Å². The Hall–Kier alpha value is -1.02. The van der Waals surface area contributed by atoms with Crippen LogP contribution in [0.25, 0.3) is 0 Å². The zero-order valence-electron chi connectivity index (χ0n) is 14.2. The molecule has 1 aliphatic rings.